The Morgan fingerprint density at radius 1 is 0.455 bits per heavy atom. The van der Waals surface area contributed by atoms with E-state index in [1.807, 2.05) is 0 Å². The summed E-state index contributed by atoms with van der Waals surface area (Å²) in [5.74, 6) is -1.74. The van der Waals surface area contributed by atoms with Gasteiger partial charge in [-0.05, 0) is 38.5 Å². The van der Waals surface area contributed by atoms with Crippen LogP contribution >= 0.6 is 0 Å². The molecule has 0 aromatic heterocycles. The first kappa shape index (κ1) is 42.9. The molecule has 0 aromatic carbocycles. The number of rotatable bonds is 34. The molecule has 6 nitrogen and oxygen atoms in total. The predicted octanol–water partition coefficient (Wildman–Crippen LogP) is 11.2. The first-order chi connectivity index (χ1) is 21.4. The van der Waals surface area contributed by atoms with Crippen molar-refractivity contribution < 1.29 is 29.3 Å². The number of unbranched alkanes of at least 4 members (excludes halogenated alkanes) is 22. The highest BCUT2D eigenvalue weighted by Gasteiger charge is 2.37. The Hall–Kier alpha value is -1.14. The van der Waals surface area contributed by atoms with Gasteiger partial charge in [-0.25, -0.2) is 0 Å². The van der Waals surface area contributed by atoms with E-state index in [2.05, 4.69) is 20.8 Å². The topological polar surface area (TPSA) is 93.1 Å². The number of carbonyl (C=O) groups excluding carboxylic acids is 2. The van der Waals surface area contributed by atoms with Crippen LogP contribution in [-0.2, 0) is 19.1 Å². The number of carbonyl (C=O) groups is 2. The maximum atomic E-state index is 13.1. The van der Waals surface area contributed by atoms with Crippen LogP contribution in [0.3, 0.4) is 0 Å². The molecule has 0 atom stereocenters. The van der Waals surface area contributed by atoms with Gasteiger partial charge < -0.3 is 19.7 Å². The Balaban J connectivity index is 4.82. The predicted molar refractivity (Wildman–Crippen MR) is 183 cm³/mol. The molecule has 44 heavy (non-hydrogen) atoms. The van der Waals surface area contributed by atoms with Gasteiger partial charge in [0, 0.05) is 25.7 Å². The van der Waals surface area contributed by atoms with Crippen molar-refractivity contribution in [1.82, 2.24) is 0 Å². The molecule has 0 aliphatic carbocycles. The lowest BCUT2D eigenvalue weighted by molar-refractivity contribution is -0.235. The fraction of sp³-hybridized carbons (Fsp3) is 0.947. The maximum absolute atomic E-state index is 13.1. The summed E-state index contributed by atoms with van der Waals surface area (Å²) in [6.45, 7) is 6.63. The van der Waals surface area contributed by atoms with Crippen molar-refractivity contribution in [1.29, 1.82) is 0 Å². The molecule has 0 radical (unpaired) electrons. The lowest BCUT2D eigenvalue weighted by Gasteiger charge is -2.33. The molecule has 2 N–H and O–H groups in total. The van der Waals surface area contributed by atoms with Gasteiger partial charge in [0.25, 0.3) is 5.79 Å². The van der Waals surface area contributed by atoms with Crippen molar-refractivity contribution >= 4 is 11.9 Å². The summed E-state index contributed by atoms with van der Waals surface area (Å²) < 4.78 is 12.2. The highest BCUT2D eigenvalue weighted by Crippen LogP contribution is 2.31. The molecule has 0 heterocycles. The molecule has 0 aromatic rings. The minimum absolute atomic E-state index is 0.265. The van der Waals surface area contributed by atoms with Gasteiger partial charge in [0.05, 0.1) is 0 Å². The monoisotopic (exact) mass is 627 g/mol. The smallest absolute Gasteiger partial charge is 0.309 e. The molecule has 0 aliphatic rings. The van der Waals surface area contributed by atoms with Gasteiger partial charge in [-0.1, -0.05) is 156 Å². The first-order valence-electron chi connectivity index (χ1n) is 19.2. The molecule has 0 saturated carbocycles. The highest BCUT2D eigenvalue weighted by atomic mass is 16.7. The number of aliphatic hydroxyl groups excluding tert-OH is 1. The average Bonchev–Trinajstić information content (AvgIpc) is 2.99. The van der Waals surface area contributed by atoms with Gasteiger partial charge in [-0.15, -0.1) is 0 Å². The van der Waals surface area contributed by atoms with Crippen molar-refractivity contribution in [2.75, 3.05) is 0 Å². The quantitative estimate of drug-likeness (QED) is 0.0419. The van der Waals surface area contributed by atoms with Crippen LogP contribution in [0.5, 0.6) is 0 Å². The van der Waals surface area contributed by atoms with E-state index in [0.717, 1.165) is 64.2 Å². The van der Waals surface area contributed by atoms with E-state index in [4.69, 9.17) is 9.47 Å². The number of esters is 2. The third kappa shape index (κ3) is 28.3. The Morgan fingerprint density at radius 3 is 1.11 bits per heavy atom. The van der Waals surface area contributed by atoms with E-state index in [1.165, 1.54) is 89.9 Å². The summed E-state index contributed by atoms with van der Waals surface area (Å²) in [5.41, 5.74) is 0. The van der Waals surface area contributed by atoms with Crippen LogP contribution in [0.1, 0.15) is 220 Å². The Labute approximate surface area is 272 Å². The summed E-state index contributed by atoms with van der Waals surface area (Å²) in [6.07, 6.45) is 29.9. The molecule has 0 unspecified atom stereocenters. The zero-order valence-electron chi connectivity index (χ0n) is 29.5. The third-order valence-electron chi connectivity index (χ3n) is 8.75. The first-order valence-corrected chi connectivity index (χ1v) is 19.2. The minimum atomic E-state index is -1.30. The average molecular weight is 627 g/mol. The molecule has 0 fully saturated rings. The van der Waals surface area contributed by atoms with Gasteiger partial charge in [0.1, 0.15) is 0 Å². The largest absolute Gasteiger partial charge is 0.422 e. The molecule has 6 heteroatoms. The molecular weight excluding hydrogens is 552 g/mol. The number of aliphatic hydroxyl groups is 2. The molecule has 0 spiro atoms. The van der Waals surface area contributed by atoms with Gasteiger partial charge >= 0.3 is 11.9 Å². The summed E-state index contributed by atoms with van der Waals surface area (Å²) in [5, 5.41) is 18.4. The van der Waals surface area contributed by atoms with Crippen molar-refractivity contribution in [3.05, 3.63) is 0 Å². The Bertz CT molecular complexity index is 597. The SMILES string of the molecule is CCCCCCCCCCCCC(=O)OC(CCCCC)(CCCCCC(O)O)OC(=O)CCCCCCCCCCCC. The third-order valence-corrected chi connectivity index (χ3v) is 8.75. The number of ether oxygens (including phenoxy) is 2. The van der Waals surface area contributed by atoms with E-state index in [9.17, 15) is 19.8 Å². The van der Waals surface area contributed by atoms with E-state index in [0.29, 0.717) is 44.9 Å². The molecule has 0 saturated heterocycles. The van der Waals surface area contributed by atoms with Crippen LogP contribution in [-0.4, -0.2) is 34.2 Å². The van der Waals surface area contributed by atoms with Gasteiger partial charge in [-0.2, -0.15) is 0 Å². The molecule has 0 bridgehead atoms. The van der Waals surface area contributed by atoms with Gasteiger partial charge in [0.2, 0.25) is 0 Å². The highest BCUT2D eigenvalue weighted by molar-refractivity contribution is 5.72. The Morgan fingerprint density at radius 2 is 0.750 bits per heavy atom. The van der Waals surface area contributed by atoms with E-state index in [-0.39, 0.29) is 11.9 Å². The lowest BCUT2D eigenvalue weighted by Crippen LogP contribution is -2.40. The lowest BCUT2D eigenvalue weighted by atomic mass is 9.99. The van der Waals surface area contributed by atoms with Crippen molar-refractivity contribution in [2.45, 2.75) is 232 Å². The molecule has 262 valence electrons. The van der Waals surface area contributed by atoms with Crippen LogP contribution in [0.4, 0.5) is 0 Å². The summed E-state index contributed by atoms with van der Waals surface area (Å²) >= 11 is 0. The van der Waals surface area contributed by atoms with E-state index < -0.39 is 12.1 Å². The van der Waals surface area contributed by atoms with Gasteiger partial charge in [-0.3, -0.25) is 9.59 Å². The zero-order valence-corrected chi connectivity index (χ0v) is 29.5. The van der Waals surface area contributed by atoms with Crippen molar-refractivity contribution in [3.63, 3.8) is 0 Å². The summed E-state index contributed by atoms with van der Waals surface area (Å²) in [4.78, 5) is 26.1. The second-order valence-electron chi connectivity index (χ2n) is 13.3. The van der Waals surface area contributed by atoms with E-state index >= 15 is 0 Å². The van der Waals surface area contributed by atoms with Crippen LogP contribution < -0.4 is 0 Å². The standard InChI is InChI=1S/C38H74O6/c1-4-7-10-12-14-16-18-20-22-26-31-36(41)43-38(33-28-9-6-3,34-29-24-25-30-35(39)40)44-37(42)32-27-23-21-19-17-15-13-11-8-5-2/h35,39-40H,4-34H2,1-3H3. The zero-order chi connectivity index (χ0) is 32.6. The van der Waals surface area contributed by atoms with E-state index in [1.54, 1.807) is 0 Å². The van der Waals surface area contributed by atoms with Crippen LogP contribution in [0.2, 0.25) is 0 Å². The molecule has 0 amide bonds. The second kappa shape index (κ2) is 31.8. The van der Waals surface area contributed by atoms with Crippen molar-refractivity contribution in [2.24, 2.45) is 0 Å². The normalized spacial score (nSPS) is 11.8. The van der Waals surface area contributed by atoms with Crippen LogP contribution in [0.25, 0.3) is 0 Å². The molecule has 0 rings (SSSR count). The second-order valence-corrected chi connectivity index (χ2v) is 13.3. The molecule has 0 aliphatic heterocycles. The van der Waals surface area contributed by atoms with Crippen molar-refractivity contribution in [3.8, 4) is 0 Å². The number of hydrogen-bond acceptors (Lipinski definition) is 6. The fourth-order valence-corrected chi connectivity index (χ4v) is 5.92. The van der Waals surface area contributed by atoms with Crippen LogP contribution in [0.15, 0.2) is 0 Å². The summed E-state index contributed by atoms with van der Waals surface area (Å²) in [7, 11) is 0. The molecular formula is C38H74O6. The van der Waals surface area contributed by atoms with Crippen LogP contribution in [0, 0.1) is 0 Å². The van der Waals surface area contributed by atoms with Gasteiger partial charge in [0.15, 0.2) is 6.29 Å². The minimum Gasteiger partial charge on any atom is -0.422 e. The summed E-state index contributed by atoms with van der Waals surface area (Å²) in [6, 6.07) is 0. The Kier molecular flexibility index (Phi) is 31.0. The maximum Gasteiger partial charge on any atom is 0.309 e. The number of hydrogen-bond donors (Lipinski definition) is 2. The fourth-order valence-electron chi connectivity index (χ4n) is 5.92.